The highest BCUT2D eigenvalue weighted by molar-refractivity contribution is 6.33. The highest BCUT2D eigenvalue weighted by Gasteiger charge is 2.15. The number of carboxylic acids is 1. The molecule has 0 saturated carbocycles. The molecule has 1 N–H and O–H groups in total. The third-order valence-corrected chi connectivity index (χ3v) is 6.04. The van der Waals surface area contributed by atoms with Crippen molar-refractivity contribution in [3.8, 4) is 5.75 Å². The zero-order chi connectivity index (χ0) is 24.3. The van der Waals surface area contributed by atoms with Crippen LogP contribution in [-0.2, 0) is 17.6 Å². The molecule has 0 aliphatic rings. The number of carboxylic acid groups (broad SMARTS) is 1. The zero-order valence-corrected chi connectivity index (χ0v) is 20.1. The van der Waals surface area contributed by atoms with E-state index in [4.69, 9.17) is 16.3 Å². The Hall–Kier alpha value is -3.31. The molecule has 0 aliphatic carbocycles. The summed E-state index contributed by atoms with van der Waals surface area (Å²) in [5.74, 6) is -0.394. The summed E-state index contributed by atoms with van der Waals surface area (Å²) in [6.45, 7) is 0.691. The average molecular weight is 480 g/mol. The fourth-order valence-corrected chi connectivity index (χ4v) is 3.84. The van der Waals surface area contributed by atoms with Crippen molar-refractivity contribution in [1.29, 1.82) is 0 Å². The highest BCUT2D eigenvalue weighted by atomic mass is 35.5. The Morgan fingerprint density at radius 2 is 1.59 bits per heavy atom. The van der Waals surface area contributed by atoms with Crippen LogP contribution in [0, 0.1) is 0 Å². The van der Waals surface area contributed by atoms with Crippen LogP contribution in [0.3, 0.4) is 0 Å². The van der Waals surface area contributed by atoms with Crippen molar-refractivity contribution in [2.45, 2.75) is 38.5 Å². The van der Waals surface area contributed by atoms with Gasteiger partial charge in [0.2, 0.25) is 5.91 Å². The van der Waals surface area contributed by atoms with Crippen molar-refractivity contribution in [2.24, 2.45) is 0 Å². The molecule has 6 heteroatoms. The Bertz CT molecular complexity index is 1080. The van der Waals surface area contributed by atoms with Gasteiger partial charge in [-0.2, -0.15) is 0 Å². The molecular formula is C28H30ClNO4. The van der Waals surface area contributed by atoms with Gasteiger partial charge < -0.3 is 14.7 Å². The molecule has 0 bridgehead atoms. The molecule has 0 spiro atoms. The van der Waals surface area contributed by atoms with Crippen molar-refractivity contribution in [1.82, 2.24) is 0 Å². The third kappa shape index (κ3) is 7.63. The van der Waals surface area contributed by atoms with Crippen molar-refractivity contribution < 1.29 is 19.4 Å². The third-order valence-electron chi connectivity index (χ3n) is 5.71. The number of nitrogens with zero attached hydrogens (tertiary/aromatic N) is 1. The second-order valence-corrected chi connectivity index (χ2v) is 8.62. The minimum Gasteiger partial charge on any atom is -0.494 e. The predicted molar refractivity (Wildman–Crippen MR) is 136 cm³/mol. The van der Waals surface area contributed by atoms with E-state index in [1.807, 2.05) is 30.3 Å². The standard InChI is InChI=1S/C28H30ClNO4/c1-30(23-14-17-26(29)25(20-23)28(32)33)27(31)18-13-22-11-15-24(16-12-22)34-19-7-3-6-10-21-8-4-2-5-9-21/h2,4-5,8-9,11-12,14-17,20H,3,6-7,10,13,18-19H2,1H3,(H,32,33). The minimum absolute atomic E-state index is 0.0226. The van der Waals surface area contributed by atoms with Gasteiger partial charge in [-0.05, 0) is 73.6 Å². The number of aryl methyl sites for hydroxylation is 2. The maximum atomic E-state index is 12.6. The highest BCUT2D eigenvalue weighted by Crippen LogP contribution is 2.23. The topological polar surface area (TPSA) is 66.8 Å². The van der Waals surface area contributed by atoms with Crippen molar-refractivity contribution in [3.05, 3.63) is 94.5 Å². The van der Waals surface area contributed by atoms with Crippen molar-refractivity contribution >= 4 is 29.2 Å². The fraction of sp³-hybridized carbons (Fsp3) is 0.286. The van der Waals surface area contributed by atoms with Crippen LogP contribution >= 0.6 is 11.6 Å². The number of carbonyl (C=O) groups excluding carboxylic acids is 1. The second-order valence-electron chi connectivity index (χ2n) is 8.21. The molecule has 178 valence electrons. The smallest absolute Gasteiger partial charge is 0.337 e. The lowest BCUT2D eigenvalue weighted by molar-refractivity contribution is -0.118. The van der Waals surface area contributed by atoms with Gasteiger partial charge in [0.1, 0.15) is 5.75 Å². The SMILES string of the molecule is CN(C(=O)CCc1ccc(OCCCCCc2ccccc2)cc1)c1ccc(Cl)c(C(=O)O)c1. The van der Waals surface area contributed by atoms with Gasteiger partial charge in [0.15, 0.2) is 0 Å². The molecule has 0 aliphatic heterocycles. The fourth-order valence-electron chi connectivity index (χ4n) is 3.64. The van der Waals surface area contributed by atoms with E-state index in [0.717, 1.165) is 37.0 Å². The van der Waals surface area contributed by atoms with Crippen LogP contribution < -0.4 is 9.64 Å². The number of hydrogen-bond donors (Lipinski definition) is 1. The maximum Gasteiger partial charge on any atom is 0.337 e. The molecule has 0 heterocycles. The van der Waals surface area contributed by atoms with Gasteiger partial charge in [-0.25, -0.2) is 4.79 Å². The summed E-state index contributed by atoms with van der Waals surface area (Å²) in [4.78, 5) is 25.3. The largest absolute Gasteiger partial charge is 0.494 e. The summed E-state index contributed by atoms with van der Waals surface area (Å²) in [5, 5.41) is 9.37. The number of halogens is 1. The van der Waals surface area contributed by atoms with E-state index in [2.05, 4.69) is 24.3 Å². The minimum atomic E-state index is -1.12. The Morgan fingerprint density at radius 1 is 0.882 bits per heavy atom. The number of anilines is 1. The van der Waals surface area contributed by atoms with Crippen LogP contribution in [-0.4, -0.2) is 30.6 Å². The molecule has 3 rings (SSSR count). The van der Waals surface area contributed by atoms with Crippen LogP contribution in [0.2, 0.25) is 5.02 Å². The van der Waals surface area contributed by atoms with Crippen LogP contribution in [0.5, 0.6) is 5.75 Å². The molecule has 1 amide bonds. The first-order valence-electron chi connectivity index (χ1n) is 11.5. The number of carbonyl (C=O) groups is 2. The Morgan fingerprint density at radius 3 is 2.29 bits per heavy atom. The number of aromatic carboxylic acids is 1. The average Bonchev–Trinajstić information content (AvgIpc) is 2.85. The molecule has 0 aromatic heterocycles. The lowest BCUT2D eigenvalue weighted by atomic mass is 10.1. The van der Waals surface area contributed by atoms with Crippen LogP contribution in [0.25, 0.3) is 0 Å². The molecular weight excluding hydrogens is 450 g/mol. The number of rotatable bonds is 12. The second kappa shape index (κ2) is 12.8. The molecule has 5 nitrogen and oxygen atoms in total. The number of hydrogen-bond acceptors (Lipinski definition) is 3. The first-order valence-corrected chi connectivity index (χ1v) is 11.9. The van der Waals surface area contributed by atoms with E-state index < -0.39 is 5.97 Å². The van der Waals surface area contributed by atoms with Crippen molar-refractivity contribution in [3.63, 3.8) is 0 Å². The van der Waals surface area contributed by atoms with E-state index in [9.17, 15) is 14.7 Å². The van der Waals surface area contributed by atoms with Crippen molar-refractivity contribution in [2.75, 3.05) is 18.6 Å². The first-order chi connectivity index (χ1) is 16.4. The Kier molecular flexibility index (Phi) is 9.53. The number of amides is 1. The monoisotopic (exact) mass is 479 g/mol. The summed E-state index contributed by atoms with van der Waals surface area (Å²) >= 11 is 5.91. The Balaban J connectivity index is 1.38. The number of benzene rings is 3. The Labute approximate surface area is 205 Å². The summed E-state index contributed by atoms with van der Waals surface area (Å²) in [6.07, 6.45) is 5.30. The van der Waals surface area contributed by atoms with E-state index in [1.165, 1.54) is 22.6 Å². The number of unbranched alkanes of at least 4 members (excludes halogenated alkanes) is 2. The van der Waals surface area contributed by atoms with Crippen LogP contribution in [0.4, 0.5) is 5.69 Å². The lowest BCUT2D eigenvalue weighted by Crippen LogP contribution is -2.26. The zero-order valence-electron chi connectivity index (χ0n) is 19.4. The number of ether oxygens (including phenoxy) is 1. The summed E-state index contributed by atoms with van der Waals surface area (Å²) in [6, 6.07) is 22.9. The summed E-state index contributed by atoms with van der Waals surface area (Å²) in [5.41, 5.74) is 2.89. The molecule has 0 radical (unpaired) electrons. The predicted octanol–water partition coefficient (Wildman–Crippen LogP) is 6.43. The van der Waals surface area contributed by atoms with E-state index in [0.29, 0.717) is 25.1 Å². The molecule has 0 fully saturated rings. The van der Waals surface area contributed by atoms with E-state index in [-0.39, 0.29) is 16.5 Å². The van der Waals surface area contributed by atoms with Crippen LogP contribution in [0.15, 0.2) is 72.8 Å². The normalized spacial score (nSPS) is 10.6. The molecule has 0 atom stereocenters. The van der Waals surface area contributed by atoms with E-state index in [1.54, 1.807) is 13.1 Å². The van der Waals surface area contributed by atoms with Gasteiger partial charge in [0, 0.05) is 19.2 Å². The molecule has 34 heavy (non-hydrogen) atoms. The lowest BCUT2D eigenvalue weighted by Gasteiger charge is -2.18. The van der Waals surface area contributed by atoms with Gasteiger partial charge in [-0.3, -0.25) is 4.79 Å². The van der Waals surface area contributed by atoms with Gasteiger partial charge in [0.05, 0.1) is 17.2 Å². The molecule has 3 aromatic carbocycles. The van der Waals surface area contributed by atoms with E-state index >= 15 is 0 Å². The van der Waals surface area contributed by atoms with Gasteiger partial charge in [0.25, 0.3) is 0 Å². The van der Waals surface area contributed by atoms with Crippen LogP contribution in [0.1, 0.15) is 47.2 Å². The molecule has 3 aromatic rings. The van der Waals surface area contributed by atoms with Gasteiger partial charge in [-0.1, -0.05) is 54.1 Å². The quantitative estimate of drug-likeness (QED) is 0.304. The summed E-state index contributed by atoms with van der Waals surface area (Å²) in [7, 11) is 1.63. The first kappa shape index (κ1) is 25.3. The van der Waals surface area contributed by atoms with Gasteiger partial charge >= 0.3 is 5.97 Å². The maximum absolute atomic E-state index is 12.6. The molecule has 0 unspecified atom stereocenters. The van der Waals surface area contributed by atoms with Gasteiger partial charge in [-0.15, -0.1) is 0 Å². The summed E-state index contributed by atoms with van der Waals surface area (Å²) < 4.78 is 5.84. The molecule has 0 saturated heterocycles.